The van der Waals surface area contributed by atoms with Crippen molar-refractivity contribution < 1.29 is 62.3 Å². The first-order valence-electron chi connectivity index (χ1n) is 23.5. The fourth-order valence-electron chi connectivity index (χ4n) is 7.90. The van der Waals surface area contributed by atoms with Crippen molar-refractivity contribution in [2.24, 2.45) is 16.8 Å². The van der Waals surface area contributed by atoms with Gasteiger partial charge in [0, 0.05) is 38.3 Å². The van der Waals surface area contributed by atoms with Crippen LogP contribution in [0.1, 0.15) is 89.5 Å². The van der Waals surface area contributed by atoms with Gasteiger partial charge in [-0.15, -0.1) is 0 Å². The van der Waals surface area contributed by atoms with Gasteiger partial charge in [0.1, 0.15) is 60.2 Å². The Hall–Kier alpha value is -6.37. The van der Waals surface area contributed by atoms with Gasteiger partial charge in [0.15, 0.2) is 0 Å². The molecule has 4 aromatic rings. The average Bonchev–Trinajstić information content (AvgIpc) is 4.12. The third kappa shape index (κ3) is 17.7. The lowest BCUT2D eigenvalue weighted by atomic mass is 10.0. The Morgan fingerprint density at radius 3 is 2.31 bits per heavy atom. The summed E-state index contributed by atoms with van der Waals surface area (Å²) in [5.41, 5.74) is 9.42. The van der Waals surface area contributed by atoms with Crippen molar-refractivity contribution >= 4 is 72.2 Å². The van der Waals surface area contributed by atoms with Crippen molar-refractivity contribution in [1.82, 2.24) is 44.5 Å². The number of phosphoric acid groups is 1. The number of phosphoric ester groups is 1. The molecule has 0 unspecified atom stereocenters. The number of nitrogens with two attached hydrogens (primary N) is 1. The molecule has 2 aromatic carbocycles. The maximum Gasteiger partial charge on any atom is 0.469 e. The predicted octanol–water partition coefficient (Wildman–Crippen LogP) is 1.59. The lowest BCUT2D eigenvalue weighted by Gasteiger charge is -2.28. The summed E-state index contributed by atoms with van der Waals surface area (Å²) in [6.07, 6.45) is 7.15. The molecule has 392 valence electrons. The largest absolute Gasteiger partial charge is 0.489 e. The van der Waals surface area contributed by atoms with Crippen molar-refractivity contribution in [2.45, 2.75) is 129 Å². The normalized spacial score (nSPS) is 15.9. The Balaban J connectivity index is 1.16. The molecule has 1 saturated heterocycles. The molecule has 5 rings (SSSR count). The van der Waals surface area contributed by atoms with Gasteiger partial charge in [-0.2, -0.15) is 8.75 Å². The number of benzene rings is 2. The number of imidazole rings is 1. The minimum absolute atomic E-state index is 0.107. The van der Waals surface area contributed by atoms with E-state index in [0.29, 0.717) is 57.0 Å². The first-order chi connectivity index (χ1) is 34.3. The van der Waals surface area contributed by atoms with Gasteiger partial charge in [-0.05, 0) is 98.9 Å². The number of nitrogens with zero attached hydrogens (tertiary/aromatic N) is 6. The fourth-order valence-corrected chi connectivity index (χ4v) is 8.97. The minimum Gasteiger partial charge on any atom is -0.489 e. The first kappa shape index (κ1) is 56.5. The summed E-state index contributed by atoms with van der Waals surface area (Å²) in [7, 11) is -5.13. The highest BCUT2D eigenvalue weighted by Gasteiger charge is 2.37. The molecule has 0 aliphatic carbocycles. The van der Waals surface area contributed by atoms with Crippen molar-refractivity contribution in [1.29, 1.82) is 0 Å². The SMILES string of the molecule is CC(=O)N1CCC[C@H]1C(=O)N[C@@H](CC(C)C)C(=O)N[C@@H](Cc1cncn1CCCCCCO/N=C/c1ccc(OCc2ccc3nsnc3c2)cc1)C(=O)N[C@@H](CO)C(=O)N[C@H](C(N)=O)[C@@H](C)OP(=O)(O)O. The van der Waals surface area contributed by atoms with Gasteiger partial charge >= 0.3 is 7.82 Å². The third-order valence-corrected chi connectivity index (χ3v) is 12.8. The smallest absolute Gasteiger partial charge is 0.469 e. The van der Waals surface area contributed by atoms with Gasteiger partial charge in [0.25, 0.3) is 0 Å². The average molecular weight is 1040 g/mol. The standard InChI is InChI=1S/C46H64N11O13PS/c1-28(2)20-37(51-46(64)40-10-9-18-57(40)30(4)59)43(61)50-38(44(62)52-39(25-58)45(63)53-41(42(47)60)29(3)70-71(65,66)67)22-33-24-48-27-56(33)17-7-5-6-8-19-69-49-23-31-11-14-34(15-12-31)68-26-32-13-16-35-36(21-32)55-72-54-35/h11-16,21,23-24,27-29,37-41,58H,5-10,17-20,22,25-26H2,1-4H3,(H2,47,60)(H,50,61)(H,51,64)(H,52,62)(H,53,63)(H2,65,66,67)/b49-23+/t29-,37+,38+,39+,40+,41+/m1/s1. The van der Waals surface area contributed by atoms with Crippen LogP contribution in [0.5, 0.6) is 5.75 Å². The van der Waals surface area contributed by atoms with E-state index in [0.717, 1.165) is 48.3 Å². The van der Waals surface area contributed by atoms with Crippen LogP contribution < -0.4 is 31.7 Å². The number of fused-ring (bicyclic) bond motifs is 1. The number of oxime groups is 1. The Morgan fingerprint density at radius 2 is 1.61 bits per heavy atom. The summed E-state index contributed by atoms with van der Waals surface area (Å²) in [4.78, 5) is 109. The second-order valence-electron chi connectivity index (χ2n) is 17.8. The molecular weight excluding hydrogens is 978 g/mol. The third-order valence-electron chi connectivity index (χ3n) is 11.6. The lowest BCUT2D eigenvalue weighted by molar-refractivity contribution is -0.139. The number of aliphatic hydroxyl groups excluding tert-OH is 1. The molecule has 0 radical (unpaired) electrons. The summed E-state index contributed by atoms with van der Waals surface area (Å²) >= 11 is 1.17. The number of carbonyl (C=O) groups is 6. The van der Waals surface area contributed by atoms with Crippen molar-refractivity contribution in [3.8, 4) is 5.75 Å². The number of aliphatic hydroxyl groups is 1. The van der Waals surface area contributed by atoms with Crippen molar-refractivity contribution in [3.63, 3.8) is 0 Å². The number of nitrogens with one attached hydrogen (secondary N) is 4. The number of hydrogen-bond acceptors (Lipinski definition) is 16. The Morgan fingerprint density at radius 1 is 0.917 bits per heavy atom. The topological polar surface area (TPSA) is 341 Å². The number of unbranched alkanes of at least 4 members (excludes halogenated alkanes) is 3. The molecule has 6 amide bonds. The van der Waals surface area contributed by atoms with E-state index in [1.54, 1.807) is 12.5 Å². The van der Waals surface area contributed by atoms with Crippen LogP contribution >= 0.6 is 19.6 Å². The molecule has 1 aliphatic heterocycles. The van der Waals surface area contributed by atoms with E-state index in [4.69, 9.17) is 15.3 Å². The molecule has 3 heterocycles. The molecule has 6 atom stereocenters. The number of aromatic nitrogens is 4. The molecule has 26 heteroatoms. The van der Waals surface area contributed by atoms with Crippen LogP contribution in [0.2, 0.25) is 0 Å². The second-order valence-corrected chi connectivity index (χ2v) is 19.5. The van der Waals surface area contributed by atoms with Gasteiger partial charge < -0.3 is 60.9 Å². The monoisotopic (exact) mass is 1040 g/mol. The van der Waals surface area contributed by atoms with Gasteiger partial charge in [0.2, 0.25) is 35.4 Å². The maximum atomic E-state index is 14.1. The number of ether oxygens (including phenoxy) is 1. The summed E-state index contributed by atoms with van der Waals surface area (Å²) in [6, 6.07) is 6.41. The molecule has 1 fully saturated rings. The molecule has 0 saturated carbocycles. The van der Waals surface area contributed by atoms with E-state index in [-0.39, 0.29) is 24.7 Å². The zero-order chi connectivity index (χ0) is 52.4. The highest BCUT2D eigenvalue weighted by molar-refractivity contribution is 7.46. The van der Waals surface area contributed by atoms with E-state index in [1.165, 1.54) is 29.7 Å². The van der Waals surface area contributed by atoms with E-state index in [9.17, 15) is 48.2 Å². The first-order valence-corrected chi connectivity index (χ1v) is 25.8. The number of likely N-dealkylation sites (tertiary alicyclic amines) is 1. The molecule has 2 aromatic heterocycles. The van der Waals surface area contributed by atoms with Crippen molar-refractivity contribution in [2.75, 3.05) is 19.8 Å². The van der Waals surface area contributed by atoms with E-state index in [2.05, 4.69) is 44.7 Å². The van der Waals surface area contributed by atoms with Crippen LogP contribution in [0.4, 0.5) is 0 Å². The molecule has 9 N–H and O–H groups in total. The number of hydrogen-bond donors (Lipinski definition) is 8. The van der Waals surface area contributed by atoms with Gasteiger partial charge in [-0.1, -0.05) is 31.5 Å². The summed E-state index contributed by atoms with van der Waals surface area (Å²) in [5.74, 6) is -4.27. The number of rotatable bonds is 29. The highest BCUT2D eigenvalue weighted by Crippen LogP contribution is 2.38. The predicted molar refractivity (Wildman–Crippen MR) is 263 cm³/mol. The van der Waals surface area contributed by atoms with Crippen molar-refractivity contribution in [3.05, 3.63) is 71.8 Å². The molecule has 1 aliphatic rings. The lowest BCUT2D eigenvalue weighted by Crippen LogP contribution is -2.61. The number of aryl methyl sites for hydroxylation is 1. The number of primary amides is 1. The highest BCUT2D eigenvalue weighted by atomic mass is 32.1. The quantitative estimate of drug-likeness (QED) is 0.0166. The van der Waals surface area contributed by atoms with Gasteiger partial charge in [-0.25, -0.2) is 9.55 Å². The fraction of sp³-hybridized carbons (Fsp3) is 0.522. The summed E-state index contributed by atoms with van der Waals surface area (Å²) in [6.45, 7) is 6.77. The van der Waals surface area contributed by atoms with E-state index in [1.807, 2.05) is 60.9 Å². The Bertz CT molecular complexity index is 2540. The van der Waals surface area contributed by atoms with Gasteiger partial charge in [-0.3, -0.25) is 33.3 Å². The number of amides is 6. The summed E-state index contributed by atoms with van der Waals surface area (Å²) in [5, 5.41) is 24.3. The van der Waals surface area contributed by atoms with Crippen LogP contribution in [0, 0.1) is 5.92 Å². The molecule has 0 spiro atoms. The van der Waals surface area contributed by atoms with Crippen LogP contribution in [-0.4, -0.2) is 136 Å². The molecule has 24 nitrogen and oxygen atoms in total. The van der Waals surface area contributed by atoms with Crippen LogP contribution in [0.15, 0.2) is 60.1 Å². The zero-order valence-corrected chi connectivity index (χ0v) is 42.3. The number of carbonyl (C=O) groups excluding carboxylic acids is 6. The second kappa shape index (κ2) is 27.5. The van der Waals surface area contributed by atoms with Crippen LogP contribution in [0.3, 0.4) is 0 Å². The van der Waals surface area contributed by atoms with Crippen LogP contribution in [0.25, 0.3) is 11.0 Å². The Labute approximate surface area is 420 Å². The molecule has 0 bridgehead atoms. The zero-order valence-electron chi connectivity index (χ0n) is 40.5. The van der Waals surface area contributed by atoms with Crippen LogP contribution in [-0.2, 0) is 62.3 Å². The molecule has 72 heavy (non-hydrogen) atoms. The summed E-state index contributed by atoms with van der Waals surface area (Å²) < 4.78 is 32.1. The van der Waals surface area contributed by atoms with E-state index < -0.39 is 80.3 Å². The maximum absolute atomic E-state index is 14.1. The Kier molecular flexibility index (Phi) is 21.6. The molecular formula is C46H64N11O13PS. The minimum atomic E-state index is -5.13. The van der Waals surface area contributed by atoms with Gasteiger partial charge in [0.05, 0.1) is 37.0 Å². The van der Waals surface area contributed by atoms with E-state index >= 15 is 0 Å².